The maximum atomic E-state index is 11.6. The SMILES string of the molecule is COc1ccnc(C(=O)C(C)C(=O)O)c1O. The summed E-state index contributed by atoms with van der Waals surface area (Å²) in [5.74, 6) is -3.65. The first-order chi connectivity index (χ1) is 7.49. The number of methoxy groups -OCH3 is 1. The average Bonchev–Trinajstić information content (AvgIpc) is 2.27. The maximum absolute atomic E-state index is 11.6. The fourth-order valence-electron chi connectivity index (χ4n) is 1.10. The highest BCUT2D eigenvalue weighted by molar-refractivity contribution is 6.08. The van der Waals surface area contributed by atoms with Crippen molar-refractivity contribution in [3.05, 3.63) is 18.0 Å². The van der Waals surface area contributed by atoms with Crippen LogP contribution in [-0.4, -0.2) is 34.1 Å². The number of aromatic nitrogens is 1. The first-order valence-electron chi connectivity index (χ1n) is 4.48. The summed E-state index contributed by atoms with van der Waals surface area (Å²) in [6, 6.07) is 1.37. The summed E-state index contributed by atoms with van der Waals surface area (Å²) in [6.45, 7) is 1.23. The summed E-state index contributed by atoms with van der Waals surface area (Å²) >= 11 is 0. The number of ether oxygens (including phenoxy) is 1. The van der Waals surface area contributed by atoms with Crippen molar-refractivity contribution in [2.45, 2.75) is 6.92 Å². The molecule has 0 saturated heterocycles. The monoisotopic (exact) mass is 225 g/mol. The largest absolute Gasteiger partial charge is 0.503 e. The van der Waals surface area contributed by atoms with Gasteiger partial charge in [-0.3, -0.25) is 9.59 Å². The molecule has 1 atom stereocenters. The minimum absolute atomic E-state index is 0.0796. The lowest BCUT2D eigenvalue weighted by atomic mass is 10.0. The Morgan fingerprint density at radius 2 is 2.12 bits per heavy atom. The van der Waals surface area contributed by atoms with Crippen molar-refractivity contribution in [3.63, 3.8) is 0 Å². The second-order valence-corrected chi connectivity index (χ2v) is 3.13. The molecule has 1 aromatic heterocycles. The molecule has 0 fully saturated rings. The van der Waals surface area contributed by atoms with E-state index in [-0.39, 0.29) is 11.4 Å². The fourth-order valence-corrected chi connectivity index (χ4v) is 1.10. The highest BCUT2D eigenvalue weighted by atomic mass is 16.5. The van der Waals surface area contributed by atoms with Crippen LogP contribution in [0.15, 0.2) is 12.3 Å². The van der Waals surface area contributed by atoms with Crippen LogP contribution in [0.25, 0.3) is 0 Å². The van der Waals surface area contributed by atoms with E-state index in [0.717, 1.165) is 0 Å². The Balaban J connectivity index is 3.14. The van der Waals surface area contributed by atoms with Gasteiger partial charge in [-0.1, -0.05) is 0 Å². The van der Waals surface area contributed by atoms with Crippen molar-refractivity contribution in [1.29, 1.82) is 0 Å². The lowest BCUT2D eigenvalue weighted by Gasteiger charge is -2.08. The number of rotatable bonds is 4. The molecule has 0 aliphatic heterocycles. The first-order valence-corrected chi connectivity index (χ1v) is 4.48. The molecule has 0 bridgehead atoms. The number of carbonyl (C=O) groups is 2. The number of Topliss-reactive ketones (excluding diaryl/α,β-unsaturated/α-hetero) is 1. The summed E-state index contributed by atoms with van der Waals surface area (Å²) in [6.07, 6.45) is 1.26. The summed E-state index contributed by atoms with van der Waals surface area (Å²) < 4.78 is 4.79. The highest BCUT2D eigenvalue weighted by Gasteiger charge is 2.26. The van der Waals surface area contributed by atoms with Gasteiger partial charge in [0.1, 0.15) is 5.92 Å². The third kappa shape index (κ3) is 2.10. The lowest BCUT2D eigenvalue weighted by molar-refractivity contribution is -0.139. The molecule has 0 aliphatic rings. The van der Waals surface area contributed by atoms with Crippen LogP contribution < -0.4 is 4.74 Å². The Morgan fingerprint density at radius 1 is 1.50 bits per heavy atom. The molecule has 6 heteroatoms. The number of carboxylic acids is 1. The predicted octanol–water partition coefficient (Wildman–Crippen LogP) is 0.699. The molecule has 1 heterocycles. The highest BCUT2D eigenvalue weighted by Crippen LogP contribution is 2.29. The zero-order valence-electron chi connectivity index (χ0n) is 8.80. The van der Waals surface area contributed by atoms with Crippen molar-refractivity contribution < 1.29 is 24.5 Å². The van der Waals surface area contributed by atoms with E-state index in [1.807, 2.05) is 0 Å². The molecular formula is C10H11NO5. The number of pyridine rings is 1. The van der Waals surface area contributed by atoms with Crippen LogP contribution in [0.1, 0.15) is 17.4 Å². The van der Waals surface area contributed by atoms with Crippen LogP contribution >= 0.6 is 0 Å². The molecule has 86 valence electrons. The zero-order valence-corrected chi connectivity index (χ0v) is 8.80. The summed E-state index contributed by atoms with van der Waals surface area (Å²) in [5, 5.41) is 18.3. The molecule has 1 unspecified atom stereocenters. The average molecular weight is 225 g/mol. The topological polar surface area (TPSA) is 96.7 Å². The van der Waals surface area contributed by atoms with Gasteiger partial charge in [-0.15, -0.1) is 0 Å². The molecule has 0 aromatic carbocycles. The van der Waals surface area contributed by atoms with Gasteiger partial charge in [-0.2, -0.15) is 0 Å². The van der Waals surface area contributed by atoms with Gasteiger partial charge in [0, 0.05) is 12.3 Å². The van der Waals surface area contributed by atoms with Gasteiger partial charge >= 0.3 is 5.97 Å². The lowest BCUT2D eigenvalue weighted by Crippen LogP contribution is -2.21. The summed E-state index contributed by atoms with van der Waals surface area (Å²) in [4.78, 5) is 25.9. The second-order valence-electron chi connectivity index (χ2n) is 3.13. The number of aromatic hydroxyl groups is 1. The smallest absolute Gasteiger partial charge is 0.314 e. The van der Waals surface area contributed by atoms with Crippen LogP contribution in [0.5, 0.6) is 11.5 Å². The molecular weight excluding hydrogens is 214 g/mol. The van der Waals surface area contributed by atoms with Gasteiger partial charge in [-0.05, 0) is 6.92 Å². The van der Waals surface area contributed by atoms with Gasteiger partial charge in [0.05, 0.1) is 7.11 Å². The number of hydrogen-bond donors (Lipinski definition) is 2. The maximum Gasteiger partial charge on any atom is 0.314 e. The Hall–Kier alpha value is -2.11. The minimum Gasteiger partial charge on any atom is -0.503 e. The standard InChI is InChI=1S/C10H11NO5/c1-5(10(14)15)8(12)7-9(13)6(16-2)3-4-11-7/h3-5,13H,1-2H3,(H,14,15). The van der Waals surface area contributed by atoms with Gasteiger partial charge in [0.2, 0.25) is 0 Å². The number of ketones is 1. The van der Waals surface area contributed by atoms with Gasteiger partial charge < -0.3 is 14.9 Å². The predicted molar refractivity (Wildman–Crippen MR) is 53.6 cm³/mol. The van der Waals surface area contributed by atoms with Crippen LogP contribution in [0.3, 0.4) is 0 Å². The molecule has 16 heavy (non-hydrogen) atoms. The van der Waals surface area contributed by atoms with E-state index in [1.165, 1.54) is 26.3 Å². The molecule has 2 N–H and O–H groups in total. The van der Waals surface area contributed by atoms with Gasteiger partial charge in [0.25, 0.3) is 0 Å². The molecule has 0 radical (unpaired) electrons. The van der Waals surface area contributed by atoms with E-state index in [2.05, 4.69) is 4.98 Å². The molecule has 0 saturated carbocycles. The summed E-state index contributed by atoms with van der Waals surface area (Å²) in [7, 11) is 1.32. The van der Waals surface area contributed by atoms with E-state index < -0.39 is 23.4 Å². The molecule has 0 spiro atoms. The van der Waals surface area contributed by atoms with E-state index in [9.17, 15) is 14.7 Å². The molecule has 0 aliphatic carbocycles. The molecule has 0 amide bonds. The van der Waals surface area contributed by atoms with Crippen LogP contribution in [-0.2, 0) is 4.79 Å². The van der Waals surface area contributed by atoms with Gasteiger partial charge in [-0.25, -0.2) is 4.98 Å². The quantitative estimate of drug-likeness (QED) is 0.578. The Kier molecular flexibility index (Phi) is 3.44. The number of carboxylic acid groups (broad SMARTS) is 1. The van der Waals surface area contributed by atoms with Crippen molar-refractivity contribution in [3.8, 4) is 11.5 Å². The minimum atomic E-state index is -1.27. The number of aliphatic carboxylic acids is 1. The van der Waals surface area contributed by atoms with E-state index in [4.69, 9.17) is 9.84 Å². The van der Waals surface area contributed by atoms with Crippen LogP contribution in [0.2, 0.25) is 0 Å². The molecule has 6 nitrogen and oxygen atoms in total. The van der Waals surface area contributed by atoms with Crippen molar-refractivity contribution >= 4 is 11.8 Å². The summed E-state index contributed by atoms with van der Waals surface area (Å²) in [5.41, 5.74) is -0.297. The number of carbonyl (C=O) groups excluding carboxylic acids is 1. The third-order valence-corrected chi connectivity index (χ3v) is 2.10. The van der Waals surface area contributed by atoms with E-state index in [0.29, 0.717) is 0 Å². The number of nitrogens with zero attached hydrogens (tertiary/aromatic N) is 1. The van der Waals surface area contributed by atoms with Crippen LogP contribution in [0.4, 0.5) is 0 Å². The Labute approximate surface area is 91.5 Å². The zero-order chi connectivity index (χ0) is 12.3. The fraction of sp³-hybridized carbons (Fsp3) is 0.300. The van der Waals surface area contributed by atoms with Crippen molar-refractivity contribution in [2.24, 2.45) is 5.92 Å². The van der Waals surface area contributed by atoms with E-state index in [1.54, 1.807) is 0 Å². The van der Waals surface area contributed by atoms with Crippen LogP contribution in [0, 0.1) is 5.92 Å². The first kappa shape index (κ1) is 12.0. The molecule has 1 rings (SSSR count). The molecule has 1 aromatic rings. The Morgan fingerprint density at radius 3 is 2.62 bits per heavy atom. The normalized spacial score (nSPS) is 11.9. The van der Waals surface area contributed by atoms with Gasteiger partial charge in [0.15, 0.2) is 23.0 Å². The Bertz CT molecular complexity index is 429. The third-order valence-electron chi connectivity index (χ3n) is 2.10. The van der Waals surface area contributed by atoms with Crippen molar-refractivity contribution in [2.75, 3.05) is 7.11 Å². The van der Waals surface area contributed by atoms with Crippen molar-refractivity contribution in [1.82, 2.24) is 4.98 Å². The number of hydrogen-bond acceptors (Lipinski definition) is 5. The second kappa shape index (κ2) is 4.61. The van der Waals surface area contributed by atoms with E-state index >= 15 is 0 Å².